The third-order valence-corrected chi connectivity index (χ3v) is 4.77. The molecule has 2 rings (SSSR count). The number of aliphatic hydroxyl groups excluding tert-OH is 1. The van der Waals surface area contributed by atoms with Crippen molar-refractivity contribution in [2.45, 2.75) is 40.0 Å². The van der Waals surface area contributed by atoms with Crippen LogP contribution in [0.3, 0.4) is 0 Å². The Bertz CT molecular complexity index is 685. The van der Waals surface area contributed by atoms with Gasteiger partial charge in [0.05, 0.1) is 12.0 Å². The van der Waals surface area contributed by atoms with Crippen LogP contribution in [0, 0.1) is 12.8 Å². The van der Waals surface area contributed by atoms with Crippen LogP contribution in [0.1, 0.15) is 48.3 Å². The number of carbonyl (C=O) groups is 1. The number of aliphatic hydroxyl groups is 1. The Hall–Kier alpha value is -1.73. The van der Waals surface area contributed by atoms with Crippen LogP contribution in [-0.2, 0) is 4.74 Å². The van der Waals surface area contributed by atoms with E-state index in [0.717, 1.165) is 47.4 Å². The number of unbranched alkanes of at least 4 members (excludes halogenated alkanes) is 2. The number of aryl methyl sites for hydroxylation is 1. The fraction of sp³-hybridized carbons (Fsp3) is 0.588. The molecule has 2 heterocycles. The molecular formula is C17H25N3O3S. The van der Waals surface area contributed by atoms with E-state index in [0.29, 0.717) is 17.4 Å². The van der Waals surface area contributed by atoms with E-state index in [4.69, 9.17) is 9.84 Å². The number of nitrogens with one attached hydrogen (secondary N) is 1. The summed E-state index contributed by atoms with van der Waals surface area (Å²) in [5, 5.41) is 13.0. The van der Waals surface area contributed by atoms with Crippen LogP contribution in [-0.4, -0.2) is 40.8 Å². The molecule has 132 valence electrons. The van der Waals surface area contributed by atoms with Crippen LogP contribution in [0.5, 0.6) is 0 Å². The van der Waals surface area contributed by atoms with Gasteiger partial charge in [-0.1, -0.05) is 13.8 Å². The Morgan fingerprint density at radius 3 is 2.83 bits per heavy atom. The van der Waals surface area contributed by atoms with Gasteiger partial charge >= 0.3 is 5.97 Å². The molecule has 0 saturated carbocycles. The fourth-order valence-electron chi connectivity index (χ4n) is 2.33. The van der Waals surface area contributed by atoms with Crippen LogP contribution in [0.4, 0.5) is 5.82 Å². The topological polar surface area (TPSA) is 84.3 Å². The van der Waals surface area contributed by atoms with Gasteiger partial charge in [0.2, 0.25) is 0 Å². The van der Waals surface area contributed by atoms with Crippen LogP contribution in [0.2, 0.25) is 0 Å². The lowest BCUT2D eigenvalue weighted by Crippen LogP contribution is -2.09. The normalized spacial score (nSPS) is 11.2. The van der Waals surface area contributed by atoms with Crippen molar-refractivity contribution in [3.05, 3.63) is 16.8 Å². The van der Waals surface area contributed by atoms with Crippen molar-refractivity contribution in [1.29, 1.82) is 0 Å². The van der Waals surface area contributed by atoms with Gasteiger partial charge in [0, 0.05) is 13.2 Å². The number of anilines is 1. The first-order valence-corrected chi connectivity index (χ1v) is 9.12. The number of aromatic nitrogens is 2. The van der Waals surface area contributed by atoms with Gasteiger partial charge < -0.3 is 15.2 Å². The zero-order chi connectivity index (χ0) is 17.5. The first kappa shape index (κ1) is 18.6. The minimum Gasteiger partial charge on any atom is -0.461 e. The van der Waals surface area contributed by atoms with Gasteiger partial charge in [0.1, 0.15) is 21.9 Å². The molecule has 0 fully saturated rings. The zero-order valence-electron chi connectivity index (χ0n) is 14.5. The molecule has 0 radical (unpaired) electrons. The van der Waals surface area contributed by atoms with Gasteiger partial charge in [-0.15, -0.1) is 11.3 Å². The van der Waals surface area contributed by atoms with Gasteiger partial charge in [0.25, 0.3) is 0 Å². The predicted molar refractivity (Wildman–Crippen MR) is 96.7 cm³/mol. The van der Waals surface area contributed by atoms with Crippen LogP contribution in [0.25, 0.3) is 10.2 Å². The summed E-state index contributed by atoms with van der Waals surface area (Å²) >= 11 is 1.35. The number of carbonyl (C=O) groups excluding carboxylic acids is 1. The highest BCUT2D eigenvalue weighted by Gasteiger charge is 2.20. The molecule has 0 atom stereocenters. The number of nitrogens with zero attached hydrogens (tertiary/aromatic N) is 2. The number of esters is 1. The largest absolute Gasteiger partial charge is 0.461 e. The molecule has 0 amide bonds. The summed E-state index contributed by atoms with van der Waals surface area (Å²) in [6, 6.07) is 0. The highest BCUT2D eigenvalue weighted by molar-refractivity contribution is 7.20. The maximum atomic E-state index is 12.3. The smallest absolute Gasteiger partial charge is 0.348 e. The first-order valence-electron chi connectivity index (χ1n) is 8.30. The summed E-state index contributed by atoms with van der Waals surface area (Å²) in [5.41, 5.74) is 0.863. The molecule has 2 aromatic rings. The molecule has 0 aliphatic rings. The van der Waals surface area contributed by atoms with E-state index in [1.165, 1.54) is 17.7 Å². The number of hydrogen-bond donors (Lipinski definition) is 2. The van der Waals surface area contributed by atoms with Crippen molar-refractivity contribution in [1.82, 2.24) is 9.97 Å². The van der Waals surface area contributed by atoms with E-state index in [2.05, 4.69) is 15.3 Å². The Kier molecular flexibility index (Phi) is 6.93. The van der Waals surface area contributed by atoms with Crippen molar-refractivity contribution in [2.75, 3.05) is 25.1 Å². The van der Waals surface area contributed by atoms with Crippen molar-refractivity contribution in [3.8, 4) is 0 Å². The standard InChI is InChI=1S/C17H25N3O3S/c1-11(2)9-23-17(22)14-12(3)13-15(18-7-5-4-6-8-21)19-10-20-16(13)24-14/h10-11,21H,4-9H2,1-3H3,(H,18,19,20). The predicted octanol–water partition coefficient (Wildman–Crippen LogP) is 3.39. The van der Waals surface area contributed by atoms with Gasteiger partial charge in [-0.3, -0.25) is 0 Å². The molecule has 7 heteroatoms. The average Bonchev–Trinajstić information content (AvgIpc) is 2.90. The number of hydrogen-bond acceptors (Lipinski definition) is 7. The minimum absolute atomic E-state index is 0.225. The third-order valence-electron chi connectivity index (χ3n) is 3.59. The van der Waals surface area contributed by atoms with Crippen LogP contribution in [0.15, 0.2) is 6.33 Å². The molecule has 0 unspecified atom stereocenters. The lowest BCUT2D eigenvalue weighted by Gasteiger charge is -2.07. The molecule has 2 aromatic heterocycles. The maximum absolute atomic E-state index is 12.3. The van der Waals surface area contributed by atoms with Gasteiger partial charge in [-0.2, -0.15) is 0 Å². The van der Waals surface area contributed by atoms with E-state index < -0.39 is 0 Å². The number of fused-ring (bicyclic) bond motifs is 1. The number of ether oxygens (including phenoxy) is 1. The Labute approximate surface area is 146 Å². The Balaban J connectivity index is 2.15. The monoisotopic (exact) mass is 351 g/mol. The summed E-state index contributed by atoms with van der Waals surface area (Å²) in [7, 11) is 0. The van der Waals surface area contributed by atoms with Crippen molar-refractivity contribution < 1.29 is 14.6 Å². The fourth-order valence-corrected chi connectivity index (χ4v) is 3.37. The van der Waals surface area contributed by atoms with E-state index >= 15 is 0 Å². The average molecular weight is 351 g/mol. The van der Waals surface area contributed by atoms with Crippen LogP contribution < -0.4 is 5.32 Å². The molecule has 0 saturated heterocycles. The maximum Gasteiger partial charge on any atom is 0.348 e. The lowest BCUT2D eigenvalue weighted by molar-refractivity contribution is 0.0464. The second-order valence-corrected chi connectivity index (χ2v) is 7.16. The molecule has 0 aliphatic heterocycles. The molecule has 0 aromatic carbocycles. The lowest BCUT2D eigenvalue weighted by atomic mass is 10.2. The van der Waals surface area contributed by atoms with Crippen LogP contribution >= 0.6 is 11.3 Å². The van der Waals surface area contributed by atoms with Crippen molar-refractivity contribution in [2.24, 2.45) is 5.92 Å². The van der Waals surface area contributed by atoms with E-state index in [1.54, 1.807) is 0 Å². The molecule has 0 spiro atoms. The summed E-state index contributed by atoms with van der Waals surface area (Å²) in [6.07, 6.45) is 4.24. The van der Waals surface area contributed by atoms with E-state index in [-0.39, 0.29) is 12.6 Å². The van der Waals surface area contributed by atoms with Gasteiger partial charge in [-0.05, 0) is 37.7 Å². The molecule has 6 nitrogen and oxygen atoms in total. The van der Waals surface area contributed by atoms with Gasteiger partial charge in [-0.25, -0.2) is 14.8 Å². The number of thiophene rings is 1. The summed E-state index contributed by atoms with van der Waals surface area (Å²) < 4.78 is 5.34. The van der Waals surface area contributed by atoms with Crippen molar-refractivity contribution in [3.63, 3.8) is 0 Å². The first-order chi connectivity index (χ1) is 11.5. The summed E-state index contributed by atoms with van der Waals surface area (Å²) in [4.78, 5) is 22.3. The molecule has 24 heavy (non-hydrogen) atoms. The van der Waals surface area contributed by atoms with Gasteiger partial charge in [0.15, 0.2) is 0 Å². The second kappa shape index (κ2) is 8.94. The molecular weight excluding hydrogens is 326 g/mol. The summed E-state index contributed by atoms with van der Waals surface area (Å²) in [5.74, 6) is 0.762. The molecule has 0 bridgehead atoms. The Morgan fingerprint density at radius 1 is 1.33 bits per heavy atom. The highest BCUT2D eigenvalue weighted by atomic mass is 32.1. The van der Waals surface area contributed by atoms with E-state index in [9.17, 15) is 4.79 Å². The SMILES string of the molecule is Cc1c(C(=O)OCC(C)C)sc2ncnc(NCCCCCO)c12. The quantitative estimate of drug-likeness (QED) is 0.532. The third kappa shape index (κ3) is 4.64. The number of rotatable bonds is 9. The van der Waals surface area contributed by atoms with Crippen molar-refractivity contribution >= 4 is 33.3 Å². The molecule has 2 N–H and O–H groups in total. The Morgan fingerprint density at radius 2 is 2.12 bits per heavy atom. The minimum atomic E-state index is -0.293. The molecule has 0 aliphatic carbocycles. The zero-order valence-corrected chi connectivity index (χ0v) is 15.3. The van der Waals surface area contributed by atoms with E-state index in [1.807, 2.05) is 20.8 Å². The summed E-state index contributed by atoms with van der Waals surface area (Å²) in [6.45, 7) is 7.34. The highest BCUT2D eigenvalue weighted by Crippen LogP contribution is 2.33. The second-order valence-electron chi connectivity index (χ2n) is 6.16.